The number of hydrogen-bond donors (Lipinski definition) is 1. The zero-order valence-electron chi connectivity index (χ0n) is 12.8. The van der Waals surface area contributed by atoms with Gasteiger partial charge in [-0.1, -0.05) is 46.5 Å². The van der Waals surface area contributed by atoms with E-state index in [1.807, 2.05) is 32.7 Å². The summed E-state index contributed by atoms with van der Waals surface area (Å²) in [6.45, 7) is 5.66. The van der Waals surface area contributed by atoms with Crippen LogP contribution in [0.25, 0.3) is 0 Å². The Morgan fingerprint density at radius 2 is 1.63 bits per heavy atom. The Morgan fingerprint density at radius 1 is 1.11 bits per heavy atom. The van der Waals surface area contributed by atoms with Crippen molar-refractivity contribution in [2.75, 3.05) is 13.6 Å². The Bertz CT molecular complexity index is 313. The van der Waals surface area contributed by atoms with E-state index in [-0.39, 0.29) is 18.4 Å². The van der Waals surface area contributed by atoms with Crippen molar-refractivity contribution >= 4 is 11.8 Å². The molecule has 0 atom stereocenters. The molecule has 0 spiro atoms. The lowest BCUT2D eigenvalue weighted by atomic mass is 9.96. The van der Waals surface area contributed by atoms with E-state index in [0.717, 1.165) is 12.8 Å². The SMILES string of the molecule is CN(C(=O)CNC(=O)C(C)(C)C)C1CCCCCC1. The van der Waals surface area contributed by atoms with Gasteiger partial charge >= 0.3 is 0 Å². The fourth-order valence-electron chi connectivity index (χ4n) is 2.39. The molecule has 2 amide bonds. The largest absolute Gasteiger partial charge is 0.347 e. The Morgan fingerprint density at radius 3 is 2.11 bits per heavy atom. The molecule has 1 fully saturated rings. The van der Waals surface area contributed by atoms with Crippen LogP contribution in [0.1, 0.15) is 59.3 Å². The number of carbonyl (C=O) groups excluding carboxylic acids is 2. The molecule has 110 valence electrons. The van der Waals surface area contributed by atoms with Gasteiger partial charge < -0.3 is 10.2 Å². The van der Waals surface area contributed by atoms with Gasteiger partial charge in [-0.25, -0.2) is 0 Å². The van der Waals surface area contributed by atoms with Gasteiger partial charge in [0.15, 0.2) is 0 Å². The average Bonchev–Trinajstić information content (AvgIpc) is 2.62. The summed E-state index contributed by atoms with van der Waals surface area (Å²) < 4.78 is 0. The molecule has 0 aromatic carbocycles. The van der Waals surface area contributed by atoms with E-state index in [4.69, 9.17) is 0 Å². The van der Waals surface area contributed by atoms with Gasteiger partial charge in [-0.15, -0.1) is 0 Å². The number of nitrogens with one attached hydrogen (secondary N) is 1. The highest BCUT2D eigenvalue weighted by Gasteiger charge is 2.24. The summed E-state index contributed by atoms with van der Waals surface area (Å²) >= 11 is 0. The van der Waals surface area contributed by atoms with Gasteiger partial charge in [0.25, 0.3) is 0 Å². The quantitative estimate of drug-likeness (QED) is 0.799. The molecule has 0 radical (unpaired) electrons. The van der Waals surface area contributed by atoms with E-state index >= 15 is 0 Å². The minimum Gasteiger partial charge on any atom is -0.347 e. The van der Waals surface area contributed by atoms with Gasteiger partial charge in [-0.3, -0.25) is 9.59 Å². The summed E-state index contributed by atoms with van der Waals surface area (Å²) in [6.07, 6.45) is 7.15. The summed E-state index contributed by atoms with van der Waals surface area (Å²) in [7, 11) is 1.86. The highest BCUT2D eigenvalue weighted by Crippen LogP contribution is 2.21. The van der Waals surface area contributed by atoms with Crippen LogP contribution < -0.4 is 5.32 Å². The molecule has 0 bridgehead atoms. The Hall–Kier alpha value is -1.06. The molecular weight excluding hydrogens is 240 g/mol. The molecule has 0 saturated heterocycles. The van der Waals surface area contributed by atoms with Crippen molar-refractivity contribution in [3.63, 3.8) is 0 Å². The van der Waals surface area contributed by atoms with Crippen LogP contribution in [0, 0.1) is 5.41 Å². The van der Waals surface area contributed by atoms with E-state index in [1.165, 1.54) is 25.7 Å². The monoisotopic (exact) mass is 268 g/mol. The molecule has 0 heterocycles. The van der Waals surface area contributed by atoms with Crippen molar-refractivity contribution in [1.29, 1.82) is 0 Å². The maximum Gasteiger partial charge on any atom is 0.241 e. The van der Waals surface area contributed by atoms with Crippen molar-refractivity contribution in [3.05, 3.63) is 0 Å². The highest BCUT2D eigenvalue weighted by molar-refractivity contribution is 5.87. The highest BCUT2D eigenvalue weighted by atomic mass is 16.2. The minimum absolute atomic E-state index is 0.0181. The predicted octanol–water partition coefficient (Wildman–Crippen LogP) is 2.33. The Kier molecular flexibility index (Phi) is 5.83. The topological polar surface area (TPSA) is 49.4 Å². The van der Waals surface area contributed by atoms with E-state index in [1.54, 1.807) is 0 Å². The lowest BCUT2D eigenvalue weighted by Crippen LogP contribution is -2.45. The third kappa shape index (κ3) is 5.21. The summed E-state index contributed by atoms with van der Waals surface area (Å²) in [5.41, 5.74) is -0.443. The molecule has 0 aromatic rings. The smallest absolute Gasteiger partial charge is 0.241 e. The van der Waals surface area contributed by atoms with Crippen LogP contribution in [-0.2, 0) is 9.59 Å². The molecule has 1 N–H and O–H groups in total. The van der Waals surface area contributed by atoms with Gasteiger partial charge in [0.2, 0.25) is 11.8 Å². The average molecular weight is 268 g/mol. The minimum atomic E-state index is -0.443. The normalized spacial score (nSPS) is 17.7. The molecular formula is C15H28N2O2. The lowest BCUT2D eigenvalue weighted by Gasteiger charge is -2.28. The van der Waals surface area contributed by atoms with Crippen LogP contribution in [0.5, 0.6) is 0 Å². The molecule has 4 nitrogen and oxygen atoms in total. The van der Waals surface area contributed by atoms with Gasteiger partial charge in [0.1, 0.15) is 0 Å². The number of nitrogens with zero attached hydrogens (tertiary/aromatic N) is 1. The van der Waals surface area contributed by atoms with Gasteiger partial charge in [-0.2, -0.15) is 0 Å². The third-order valence-electron chi connectivity index (χ3n) is 3.85. The van der Waals surface area contributed by atoms with Gasteiger partial charge in [-0.05, 0) is 12.8 Å². The number of amides is 2. The zero-order chi connectivity index (χ0) is 14.5. The molecule has 0 aliphatic heterocycles. The summed E-state index contributed by atoms with van der Waals surface area (Å²) in [4.78, 5) is 25.7. The standard InChI is InChI=1S/C15H28N2O2/c1-15(2,3)14(19)16-11-13(18)17(4)12-9-7-5-6-8-10-12/h12H,5-11H2,1-4H3,(H,16,19). The summed E-state index contributed by atoms with van der Waals surface area (Å²) in [6, 6.07) is 0.349. The predicted molar refractivity (Wildman–Crippen MR) is 76.7 cm³/mol. The van der Waals surface area contributed by atoms with Crippen LogP contribution in [0.4, 0.5) is 0 Å². The maximum absolute atomic E-state index is 12.1. The fraction of sp³-hybridized carbons (Fsp3) is 0.867. The lowest BCUT2D eigenvalue weighted by molar-refractivity contribution is -0.135. The summed E-state index contributed by atoms with van der Waals surface area (Å²) in [5, 5.41) is 2.73. The Labute approximate surface area is 116 Å². The second kappa shape index (κ2) is 6.92. The number of likely N-dealkylation sites (N-methyl/N-ethyl adjacent to an activating group) is 1. The molecule has 0 aromatic heterocycles. The molecule has 1 aliphatic rings. The van der Waals surface area contributed by atoms with Crippen molar-refractivity contribution in [3.8, 4) is 0 Å². The second-order valence-electron chi connectivity index (χ2n) is 6.58. The zero-order valence-corrected chi connectivity index (χ0v) is 12.8. The van der Waals surface area contributed by atoms with E-state index in [2.05, 4.69) is 5.32 Å². The molecule has 1 aliphatic carbocycles. The molecule has 1 saturated carbocycles. The maximum atomic E-state index is 12.1. The second-order valence-corrected chi connectivity index (χ2v) is 6.58. The molecule has 1 rings (SSSR count). The van der Waals surface area contributed by atoms with Crippen molar-refractivity contribution in [1.82, 2.24) is 10.2 Å². The van der Waals surface area contributed by atoms with E-state index < -0.39 is 5.41 Å². The van der Waals surface area contributed by atoms with Crippen molar-refractivity contribution in [2.45, 2.75) is 65.3 Å². The first-order valence-electron chi connectivity index (χ1n) is 7.36. The van der Waals surface area contributed by atoms with Crippen molar-refractivity contribution < 1.29 is 9.59 Å². The van der Waals surface area contributed by atoms with Crippen LogP contribution in [0.3, 0.4) is 0 Å². The van der Waals surface area contributed by atoms with Gasteiger partial charge in [0.05, 0.1) is 6.54 Å². The molecule has 0 unspecified atom stereocenters. The van der Waals surface area contributed by atoms with E-state index in [9.17, 15) is 9.59 Å². The third-order valence-corrected chi connectivity index (χ3v) is 3.85. The first kappa shape index (κ1) is 16.0. The number of carbonyl (C=O) groups is 2. The molecule has 4 heteroatoms. The van der Waals surface area contributed by atoms with Crippen LogP contribution in [0.2, 0.25) is 0 Å². The van der Waals surface area contributed by atoms with Gasteiger partial charge in [0, 0.05) is 18.5 Å². The van der Waals surface area contributed by atoms with Crippen LogP contribution in [-0.4, -0.2) is 36.3 Å². The van der Waals surface area contributed by atoms with E-state index in [0.29, 0.717) is 6.04 Å². The number of rotatable bonds is 3. The van der Waals surface area contributed by atoms with Crippen LogP contribution in [0.15, 0.2) is 0 Å². The molecule has 19 heavy (non-hydrogen) atoms. The first-order chi connectivity index (χ1) is 8.82. The Balaban J connectivity index is 2.41. The summed E-state index contributed by atoms with van der Waals surface area (Å²) in [5.74, 6) is -0.0559. The van der Waals surface area contributed by atoms with Crippen molar-refractivity contribution in [2.24, 2.45) is 5.41 Å². The first-order valence-corrected chi connectivity index (χ1v) is 7.36. The fourth-order valence-corrected chi connectivity index (χ4v) is 2.39. The van der Waals surface area contributed by atoms with Crippen LogP contribution >= 0.6 is 0 Å². The number of hydrogen-bond acceptors (Lipinski definition) is 2.